The van der Waals surface area contributed by atoms with Gasteiger partial charge in [-0.1, -0.05) is 40.2 Å². The fourth-order valence-electron chi connectivity index (χ4n) is 5.69. The summed E-state index contributed by atoms with van der Waals surface area (Å²) in [5.41, 5.74) is 3.74. The van der Waals surface area contributed by atoms with Crippen LogP contribution in [0.15, 0.2) is 46.9 Å². The van der Waals surface area contributed by atoms with Crippen LogP contribution in [0.3, 0.4) is 0 Å². The minimum Gasteiger partial charge on any atom is -0.478 e. The molecule has 0 aromatic heterocycles. The Morgan fingerprint density at radius 2 is 1.84 bits per heavy atom. The van der Waals surface area contributed by atoms with Crippen LogP contribution in [0, 0.1) is 17.8 Å². The molecule has 0 amide bonds. The first-order valence-corrected chi connectivity index (χ1v) is 9.81. The number of anilines is 1. The number of hydrogen-bond donors (Lipinski definition) is 2. The zero-order chi connectivity index (χ0) is 17.1. The van der Waals surface area contributed by atoms with E-state index < -0.39 is 5.97 Å². The minimum absolute atomic E-state index is 0.196. The van der Waals surface area contributed by atoms with Crippen LogP contribution in [0.1, 0.15) is 52.7 Å². The molecule has 1 aliphatic heterocycles. The van der Waals surface area contributed by atoms with Gasteiger partial charge in [-0.05, 0) is 72.3 Å². The van der Waals surface area contributed by atoms with Crippen LogP contribution in [0.25, 0.3) is 0 Å². The Bertz CT molecular complexity index is 847. The van der Waals surface area contributed by atoms with Crippen molar-refractivity contribution < 1.29 is 9.90 Å². The monoisotopic (exact) mass is 397 g/mol. The molecule has 1 heterocycles. The molecule has 4 heteroatoms. The number of rotatable bonds is 2. The van der Waals surface area contributed by atoms with Crippen LogP contribution in [0.5, 0.6) is 0 Å². The van der Waals surface area contributed by atoms with Crippen LogP contribution < -0.4 is 5.32 Å². The number of carbonyl (C=O) groups is 1. The van der Waals surface area contributed by atoms with Crippen LogP contribution in [0.4, 0.5) is 5.69 Å². The molecule has 2 saturated carbocycles. The van der Waals surface area contributed by atoms with Crippen molar-refractivity contribution in [1.29, 1.82) is 0 Å². The standard InChI is InChI=1S/C21H20BrNO2/c22-14-8-6-11(7-9-14)19-18-13-5-4-12(10-13)17(18)15-2-1-3-16(21(24)25)20(15)23-19/h1-3,6-9,12-13,17-19,23H,4-5,10H2,(H,24,25)/t12-,13-,17-,18-,19-/m1/s1. The van der Waals surface area contributed by atoms with E-state index in [9.17, 15) is 9.90 Å². The fourth-order valence-corrected chi connectivity index (χ4v) is 5.96. The van der Waals surface area contributed by atoms with Crippen molar-refractivity contribution in [2.24, 2.45) is 17.8 Å². The van der Waals surface area contributed by atoms with E-state index in [1.165, 1.54) is 30.4 Å². The molecule has 5 rings (SSSR count). The summed E-state index contributed by atoms with van der Waals surface area (Å²) in [6.07, 6.45) is 3.89. The molecule has 0 unspecified atom stereocenters. The molecular formula is C21H20BrNO2. The lowest BCUT2D eigenvalue weighted by atomic mass is 9.67. The summed E-state index contributed by atoms with van der Waals surface area (Å²) in [5, 5.41) is 13.3. The Kier molecular flexibility index (Phi) is 3.46. The van der Waals surface area contributed by atoms with Crippen LogP contribution >= 0.6 is 15.9 Å². The van der Waals surface area contributed by atoms with Gasteiger partial charge in [0, 0.05) is 4.47 Å². The predicted molar refractivity (Wildman–Crippen MR) is 101 cm³/mol. The van der Waals surface area contributed by atoms with E-state index in [2.05, 4.69) is 51.6 Å². The first-order valence-electron chi connectivity index (χ1n) is 9.01. The molecule has 2 aromatic rings. The van der Waals surface area contributed by atoms with Gasteiger partial charge in [0.1, 0.15) is 0 Å². The van der Waals surface area contributed by atoms with E-state index in [1.807, 2.05) is 6.07 Å². The number of carboxylic acids is 1. The molecule has 2 fully saturated rings. The van der Waals surface area contributed by atoms with E-state index in [0.717, 1.165) is 16.1 Å². The second kappa shape index (κ2) is 5.60. The Labute approximate surface area is 155 Å². The van der Waals surface area contributed by atoms with Crippen LogP contribution in [-0.4, -0.2) is 11.1 Å². The highest BCUT2D eigenvalue weighted by atomic mass is 79.9. The van der Waals surface area contributed by atoms with Gasteiger partial charge < -0.3 is 10.4 Å². The third-order valence-corrected chi connectivity index (χ3v) is 7.11. The first-order chi connectivity index (χ1) is 12.1. The third-order valence-electron chi connectivity index (χ3n) is 6.58. The summed E-state index contributed by atoms with van der Waals surface area (Å²) < 4.78 is 1.07. The number of carboxylic acid groups (broad SMARTS) is 1. The normalized spacial score (nSPS) is 32.0. The zero-order valence-electron chi connectivity index (χ0n) is 13.8. The van der Waals surface area contributed by atoms with Gasteiger partial charge in [0.25, 0.3) is 0 Å². The smallest absolute Gasteiger partial charge is 0.337 e. The summed E-state index contributed by atoms with van der Waals surface area (Å²) in [7, 11) is 0. The maximum atomic E-state index is 11.8. The number of nitrogens with one attached hydrogen (secondary N) is 1. The van der Waals surface area contributed by atoms with Crippen molar-refractivity contribution in [3.63, 3.8) is 0 Å². The molecule has 25 heavy (non-hydrogen) atoms. The maximum Gasteiger partial charge on any atom is 0.337 e. The summed E-state index contributed by atoms with van der Waals surface area (Å²) in [6, 6.07) is 14.5. The zero-order valence-corrected chi connectivity index (χ0v) is 15.4. The van der Waals surface area contributed by atoms with Crippen molar-refractivity contribution in [3.8, 4) is 0 Å². The van der Waals surface area contributed by atoms with E-state index in [1.54, 1.807) is 6.07 Å². The number of fused-ring (bicyclic) bond motifs is 7. The maximum absolute atomic E-state index is 11.8. The van der Waals surface area contributed by atoms with Crippen molar-refractivity contribution in [1.82, 2.24) is 0 Å². The Hall–Kier alpha value is -1.81. The van der Waals surface area contributed by atoms with Crippen molar-refractivity contribution >= 4 is 27.6 Å². The van der Waals surface area contributed by atoms with E-state index in [4.69, 9.17) is 0 Å². The predicted octanol–water partition coefficient (Wildman–Crippen LogP) is 5.44. The van der Waals surface area contributed by atoms with E-state index in [-0.39, 0.29) is 6.04 Å². The second-order valence-corrected chi connectivity index (χ2v) is 8.60. The second-order valence-electron chi connectivity index (χ2n) is 7.68. The molecule has 2 N–H and O–H groups in total. The van der Waals surface area contributed by atoms with Crippen molar-refractivity contribution in [3.05, 3.63) is 63.6 Å². The number of benzene rings is 2. The number of aromatic carboxylic acids is 1. The highest BCUT2D eigenvalue weighted by Crippen LogP contribution is 2.63. The molecule has 2 bridgehead atoms. The van der Waals surface area contributed by atoms with Crippen molar-refractivity contribution in [2.45, 2.75) is 31.2 Å². The third kappa shape index (κ3) is 2.27. The van der Waals surface area contributed by atoms with Crippen molar-refractivity contribution in [2.75, 3.05) is 5.32 Å². The number of hydrogen-bond acceptors (Lipinski definition) is 2. The van der Waals surface area contributed by atoms with Crippen LogP contribution in [-0.2, 0) is 0 Å². The van der Waals surface area contributed by atoms with E-state index >= 15 is 0 Å². The van der Waals surface area contributed by atoms with Gasteiger partial charge >= 0.3 is 5.97 Å². The molecule has 3 nitrogen and oxygen atoms in total. The molecule has 0 radical (unpaired) electrons. The highest BCUT2D eigenvalue weighted by molar-refractivity contribution is 9.10. The summed E-state index contributed by atoms with van der Waals surface area (Å²) in [5.74, 6) is 1.66. The largest absolute Gasteiger partial charge is 0.478 e. The van der Waals surface area contributed by atoms with Gasteiger partial charge in [-0.3, -0.25) is 0 Å². The van der Waals surface area contributed by atoms with Gasteiger partial charge in [-0.25, -0.2) is 4.79 Å². The lowest BCUT2D eigenvalue weighted by molar-refractivity contribution is 0.0697. The van der Waals surface area contributed by atoms with Gasteiger partial charge in [0.05, 0.1) is 17.3 Å². The summed E-state index contributed by atoms with van der Waals surface area (Å²) in [6.45, 7) is 0. The van der Waals surface area contributed by atoms with Gasteiger partial charge in [-0.2, -0.15) is 0 Å². The summed E-state index contributed by atoms with van der Waals surface area (Å²) in [4.78, 5) is 11.8. The average molecular weight is 398 g/mol. The topological polar surface area (TPSA) is 49.3 Å². The molecule has 0 spiro atoms. The average Bonchev–Trinajstić information content (AvgIpc) is 3.23. The number of halogens is 1. The Morgan fingerprint density at radius 1 is 1.08 bits per heavy atom. The van der Waals surface area contributed by atoms with E-state index in [0.29, 0.717) is 23.3 Å². The molecule has 5 atom stereocenters. The Balaban J connectivity index is 1.67. The van der Waals surface area contributed by atoms with Gasteiger partial charge in [0.15, 0.2) is 0 Å². The van der Waals surface area contributed by atoms with Crippen LogP contribution in [0.2, 0.25) is 0 Å². The molecular weight excluding hydrogens is 378 g/mol. The fraction of sp³-hybridized carbons (Fsp3) is 0.381. The van der Waals surface area contributed by atoms with Gasteiger partial charge in [0.2, 0.25) is 0 Å². The SMILES string of the molecule is O=C(O)c1cccc2c1N[C@H](c1ccc(Br)cc1)[C@@H]1[C@@H]3CC[C@H](C3)[C@H]21. The Morgan fingerprint density at radius 3 is 2.60 bits per heavy atom. The highest BCUT2D eigenvalue weighted by Gasteiger charge is 2.54. The molecule has 128 valence electrons. The molecule has 3 aliphatic rings. The molecule has 2 aromatic carbocycles. The lowest BCUT2D eigenvalue weighted by Gasteiger charge is -2.44. The molecule has 0 saturated heterocycles. The quantitative estimate of drug-likeness (QED) is 0.708. The summed E-state index contributed by atoms with van der Waals surface area (Å²) >= 11 is 3.52. The minimum atomic E-state index is -0.847. The molecule has 2 aliphatic carbocycles. The van der Waals surface area contributed by atoms with Gasteiger partial charge in [-0.15, -0.1) is 0 Å². The first kappa shape index (κ1) is 15.4. The lowest BCUT2D eigenvalue weighted by Crippen LogP contribution is -2.36. The number of para-hydroxylation sites is 1.